The molecular formula is C13H10BrClFNO2. The maximum absolute atomic E-state index is 13.4. The summed E-state index contributed by atoms with van der Waals surface area (Å²) in [6.45, 7) is 0. The number of halogens is 3. The van der Waals surface area contributed by atoms with E-state index in [1.54, 1.807) is 18.2 Å². The van der Waals surface area contributed by atoms with E-state index < -0.39 is 5.82 Å². The van der Waals surface area contributed by atoms with E-state index in [2.05, 4.69) is 15.9 Å². The van der Waals surface area contributed by atoms with Gasteiger partial charge < -0.3 is 15.2 Å². The molecule has 100 valence electrons. The van der Waals surface area contributed by atoms with Crippen LogP contribution in [0.15, 0.2) is 34.8 Å². The Balaban J connectivity index is 2.37. The molecule has 19 heavy (non-hydrogen) atoms. The molecule has 0 heterocycles. The van der Waals surface area contributed by atoms with Crippen LogP contribution in [0.4, 0.5) is 10.1 Å². The van der Waals surface area contributed by atoms with E-state index in [1.165, 1.54) is 13.2 Å². The monoisotopic (exact) mass is 345 g/mol. The summed E-state index contributed by atoms with van der Waals surface area (Å²) in [5, 5.41) is 0.414. The number of benzene rings is 2. The fraction of sp³-hybridized carbons (Fsp3) is 0.0769. The first-order chi connectivity index (χ1) is 9.01. The normalized spacial score (nSPS) is 10.3. The SMILES string of the molecule is COc1cc(Oc2ccc(Br)cc2Cl)c(N)cc1F. The van der Waals surface area contributed by atoms with E-state index in [0.29, 0.717) is 10.8 Å². The molecule has 0 bridgehead atoms. The highest BCUT2D eigenvalue weighted by Crippen LogP contribution is 2.36. The largest absolute Gasteiger partial charge is 0.494 e. The molecular weight excluding hydrogens is 337 g/mol. The summed E-state index contributed by atoms with van der Waals surface area (Å²) in [4.78, 5) is 0. The summed E-state index contributed by atoms with van der Waals surface area (Å²) in [6, 6.07) is 7.66. The average Bonchev–Trinajstić information content (AvgIpc) is 2.35. The second-order valence-electron chi connectivity index (χ2n) is 3.70. The first-order valence-corrected chi connectivity index (χ1v) is 6.44. The number of nitrogens with two attached hydrogens (primary N) is 1. The van der Waals surface area contributed by atoms with Gasteiger partial charge in [0.15, 0.2) is 17.3 Å². The minimum absolute atomic E-state index is 0.0532. The van der Waals surface area contributed by atoms with Crippen LogP contribution in [0.3, 0.4) is 0 Å². The van der Waals surface area contributed by atoms with Crippen molar-refractivity contribution in [1.29, 1.82) is 0 Å². The standard InChI is InChI=1S/C13H10BrClFNO2/c1-18-12-6-13(10(17)5-9(12)16)19-11-3-2-7(14)4-8(11)15/h2-6H,17H2,1H3. The van der Waals surface area contributed by atoms with Gasteiger partial charge in [0, 0.05) is 16.6 Å². The van der Waals surface area contributed by atoms with Crippen LogP contribution in [0.25, 0.3) is 0 Å². The van der Waals surface area contributed by atoms with Gasteiger partial charge >= 0.3 is 0 Å². The van der Waals surface area contributed by atoms with Crippen molar-refractivity contribution in [3.05, 3.63) is 45.6 Å². The lowest BCUT2D eigenvalue weighted by molar-refractivity contribution is 0.382. The third kappa shape index (κ3) is 3.11. The number of nitrogen functional groups attached to an aromatic ring is 1. The van der Waals surface area contributed by atoms with Gasteiger partial charge in [-0.1, -0.05) is 27.5 Å². The highest BCUT2D eigenvalue weighted by atomic mass is 79.9. The van der Waals surface area contributed by atoms with Crippen LogP contribution in [0.1, 0.15) is 0 Å². The molecule has 0 saturated carbocycles. The molecule has 0 aliphatic rings. The minimum atomic E-state index is -0.547. The maximum Gasteiger partial charge on any atom is 0.167 e. The van der Waals surface area contributed by atoms with Crippen molar-refractivity contribution < 1.29 is 13.9 Å². The highest BCUT2D eigenvalue weighted by Gasteiger charge is 2.12. The van der Waals surface area contributed by atoms with Crippen molar-refractivity contribution in [2.45, 2.75) is 0 Å². The molecule has 2 rings (SSSR count). The Bertz CT molecular complexity index is 622. The molecule has 0 radical (unpaired) electrons. The summed E-state index contributed by atoms with van der Waals surface area (Å²) >= 11 is 9.33. The molecule has 0 aromatic heterocycles. The molecule has 0 aliphatic heterocycles. The third-order valence-corrected chi connectivity index (χ3v) is 3.19. The number of ether oxygens (including phenoxy) is 2. The van der Waals surface area contributed by atoms with E-state index in [0.717, 1.165) is 10.5 Å². The lowest BCUT2D eigenvalue weighted by atomic mass is 10.2. The quantitative estimate of drug-likeness (QED) is 0.824. The lowest BCUT2D eigenvalue weighted by Gasteiger charge is -2.12. The Morgan fingerprint density at radius 2 is 1.89 bits per heavy atom. The molecule has 0 aliphatic carbocycles. The molecule has 0 spiro atoms. The minimum Gasteiger partial charge on any atom is -0.494 e. The summed E-state index contributed by atoms with van der Waals surface area (Å²) in [7, 11) is 1.37. The van der Waals surface area contributed by atoms with Gasteiger partial charge in [0.05, 0.1) is 17.8 Å². The molecule has 3 nitrogen and oxygen atoms in total. The van der Waals surface area contributed by atoms with Crippen LogP contribution >= 0.6 is 27.5 Å². The molecule has 0 unspecified atom stereocenters. The zero-order valence-corrected chi connectivity index (χ0v) is 12.3. The van der Waals surface area contributed by atoms with Crippen molar-refractivity contribution in [1.82, 2.24) is 0 Å². The Hall–Kier alpha value is -1.46. The van der Waals surface area contributed by atoms with E-state index in [1.807, 2.05) is 0 Å². The molecule has 0 fully saturated rings. The smallest absolute Gasteiger partial charge is 0.167 e. The Labute approximate surface area is 123 Å². The van der Waals surface area contributed by atoms with Crippen LogP contribution in [-0.2, 0) is 0 Å². The van der Waals surface area contributed by atoms with Crippen LogP contribution < -0.4 is 15.2 Å². The molecule has 0 amide bonds. The zero-order valence-electron chi connectivity index (χ0n) is 9.91. The Morgan fingerprint density at radius 3 is 2.53 bits per heavy atom. The van der Waals surface area contributed by atoms with Gasteiger partial charge in [0.2, 0.25) is 0 Å². The lowest BCUT2D eigenvalue weighted by Crippen LogP contribution is -1.96. The van der Waals surface area contributed by atoms with Gasteiger partial charge in [0.25, 0.3) is 0 Å². The molecule has 2 aromatic rings. The number of methoxy groups -OCH3 is 1. The number of hydrogen-bond donors (Lipinski definition) is 1. The van der Waals surface area contributed by atoms with Crippen molar-refractivity contribution in [2.75, 3.05) is 12.8 Å². The van der Waals surface area contributed by atoms with E-state index in [-0.39, 0.29) is 17.2 Å². The van der Waals surface area contributed by atoms with Crippen molar-refractivity contribution in [3.8, 4) is 17.2 Å². The second kappa shape index (κ2) is 5.67. The Kier molecular flexibility index (Phi) is 4.17. The molecule has 2 N–H and O–H groups in total. The van der Waals surface area contributed by atoms with Crippen molar-refractivity contribution in [2.24, 2.45) is 0 Å². The Morgan fingerprint density at radius 1 is 1.16 bits per heavy atom. The van der Waals surface area contributed by atoms with Crippen LogP contribution in [0.5, 0.6) is 17.2 Å². The van der Waals surface area contributed by atoms with Crippen LogP contribution in [-0.4, -0.2) is 7.11 Å². The highest BCUT2D eigenvalue weighted by molar-refractivity contribution is 9.10. The number of hydrogen-bond acceptors (Lipinski definition) is 3. The fourth-order valence-electron chi connectivity index (χ4n) is 1.47. The molecule has 0 saturated heterocycles. The number of rotatable bonds is 3. The van der Waals surface area contributed by atoms with Gasteiger partial charge in [-0.15, -0.1) is 0 Å². The summed E-state index contributed by atoms with van der Waals surface area (Å²) in [5.74, 6) is 0.208. The van der Waals surface area contributed by atoms with Crippen molar-refractivity contribution >= 4 is 33.2 Å². The zero-order chi connectivity index (χ0) is 14.0. The maximum atomic E-state index is 13.4. The third-order valence-electron chi connectivity index (χ3n) is 2.40. The van der Waals surface area contributed by atoms with E-state index in [9.17, 15) is 4.39 Å². The first-order valence-electron chi connectivity index (χ1n) is 5.27. The second-order valence-corrected chi connectivity index (χ2v) is 5.02. The predicted octanol–water partition coefficient (Wildman–Crippen LogP) is 4.62. The molecule has 6 heteroatoms. The number of anilines is 1. The summed E-state index contributed by atoms with van der Waals surface area (Å²) in [5.41, 5.74) is 5.86. The first kappa shape index (κ1) is 14.0. The summed E-state index contributed by atoms with van der Waals surface area (Å²) < 4.78 is 24.7. The molecule has 0 atom stereocenters. The van der Waals surface area contributed by atoms with E-state index in [4.69, 9.17) is 26.8 Å². The van der Waals surface area contributed by atoms with Gasteiger partial charge in [-0.25, -0.2) is 4.39 Å². The van der Waals surface area contributed by atoms with E-state index >= 15 is 0 Å². The van der Waals surface area contributed by atoms with Gasteiger partial charge in [0.1, 0.15) is 5.75 Å². The van der Waals surface area contributed by atoms with Crippen LogP contribution in [0.2, 0.25) is 5.02 Å². The van der Waals surface area contributed by atoms with Gasteiger partial charge in [-0.2, -0.15) is 0 Å². The molecule has 2 aromatic carbocycles. The fourth-order valence-corrected chi connectivity index (χ4v) is 2.18. The van der Waals surface area contributed by atoms with Crippen LogP contribution in [0, 0.1) is 5.82 Å². The topological polar surface area (TPSA) is 44.5 Å². The van der Waals surface area contributed by atoms with Crippen molar-refractivity contribution in [3.63, 3.8) is 0 Å². The summed E-state index contributed by atoms with van der Waals surface area (Å²) in [6.07, 6.45) is 0. The predicted molar refractivity (Wildman–Crippen MR) is 76.6 cm³/mol. The van der Waals surface area contributed by atoms with Gasteiger partial charge in [-0.3, -0.25) is 0 Å². The average molecular weight is 347 g/mol. The van der Waals surface area contributed by atoms with Gasteiger partial charge in [-0.05, 0) is 18.2 Å².